The van der Waals surface area contributed by atoms with Crippen LogP contribution in [0.2, 0.25) is 0 Å². The first-order valence-electron chi connectivity index (χ1n) is 10.7. The van der Waals surface area contributed by atoms with Gasteiger partial charge in [0.2, 0.25) is 5.91 Å². The maximum Gasteiger partial charge on any atom is 0.407 e. The zero-order valence-electron chi connectivity index (χ0n) is 17.9. The number of hydrogen-bond donors (Lipinski definition) is 2. The van der Waals surface area contributed by atoms with Gasteiger partial charge in [0.15, 0.2) is 0 Å². The topological polar surface area (TPSA) is 95.9 Å². The maximum atomic E-state index is 12.6. The molecule has 2 atom stereocenters. The molecule has 0 aromatic heterocycles. The fourth-order valence-electron chi connectivity index (χ4n) is 4.50. The molecule has 4 rings (SSSR count). The fraction of sp³-hybridized carbons (Fsp3) is 0.269. The highest BCUT2D eigenvalue weighted by molar-refractivity contribution is 5.85. The number of benzene rings is 2. The van der Waals surface area contributed by atoms with Gasteiger partial charge in [0.05, 0.1) is 18.5 Å². The molecule has 2 aromatic carbocycles. The Hall–Kier alpha value is -4.05. The average Bonchev–Trinajstić information content (AvgIpc) is 3.39. The molecular formula is C26H24N2O5. The first kappa shape index (κ1) is 22.2. The van der Waals surface area contributed by atoms with Crippen molar-refractivity contribution in [3.63, 3.8) is 0 Å². The number of carboxylic acids is 1. The minimum Gasteiger partial charge on any atom is -0.480 e. The molecule has 2 N–H and O–H groups in total. The molecule has 0 spiro atoms. The molecule has 2 aliphatic rings. The normalized spacial score (nSPS) is 18.2. The van der Waals surface area contributed by atoms with Crippen molar-refractivity contribution in [3.05, 3.63) is 71.8 Å². The monoisotopic (exact) mass is 444 g/mol. The Labute approximate surface area is 192 Å². The lowest BCUT2D eigenvalue weighted by Crippen LogP contribution is -2.40. The third kappa shape index (κ3) is 4.75. The number of rotatable bonds is 7. The molecule has 33 heavy (non-hydrogen) atoms. The van der Waals surface area contributed by atoms with E-state index in [9.17, 15) is 14.4 Å². The lowest BCUT2D eigenvalue weighted by Gasteiger charge is -2.22. The summed E-state index contributed by atoms with van der Waals surface area (Å²) < 4.78 is 5.55. The minimum absolute atomic E-state index is 0.0371. The molecular weight excluding hydrogens is 420 g/mol. The van der Waals surface area contributed by atoms with E-state index < -0.39 is 24.5 Å². The number of nitrogens with zero attached hydrogens (tertiary/aromatic N) is 1. The second-order valence-corrected chi connectivity index (χ2v) is 8.10. The summed E-state index contributed by atoms with van der Waals surface area (Å²) in [7, 11) is 0. The van der Waals surface area contributed by atoms with Gasteiger partial charge in [0.25, 0.3) is 0 Å². The van der Waals surface area contributed by atoms with Crippen LogP contribution in [0.25, 0.3) is 11.1 Å². The standard InChI is InChI=1S/C26H24N2O5/c1-2-13-28(15-24(29)30)25(31)17-11-12-18(14-17)27-26(32)33-16-23-21-9-5-3-7-19(21)20-8-4-6-10-22(20)23/h1,3-12,17-18,23H,13-16H2,(H,27,32)(H,29,30). The summed E-state index contributed by atoms with van der Waals surface area (Å²) in [5.41, 5.74) is 4.56. The van der Waals surface area contributed by atoms with E-state index >= 15 is 0 Å². The zero-order valence-corrected chi connectivity index (χ0v) is 17.9. The first-order chi connectivity index (χ1) is 16.0. The van der Waals surface area contributed by atoms with Crippen LogP contribution in [0.5, 0.6) is 0 Å². The number of alkyl carbamates (subject to hydrolysis) is 1. The van der Waals surface area contributed by atoms with E-state index in [1.807, 2.05) is 24.3 Å². The molecule has 7 nitrogen and oxygen atoms in total. The molecule has 2 unspecified atom stereocenters. The van der Waals surface area contributed by atoms with Crippen molar-refractivity contribution in [2.24, 2.45) is 5.92 Å². The zero-order chi connectivity index (χ0) is 23.4. The van der Waals surface area contributed by atoms with Crippen molar-refractivity contribution >= 4 is 18.0 Å². The van der Waals surface area contributed by atoms with Crippen molar-refractivity contribution in [1.29, 1.82) is 0 Å². The van der Waals surface area contributed by atoms with Crippen molar-refractivity contribution < 1.29 is 24.2 Å². The van der Waals surface area contributed by atoms with Gasteiger partial charge in [0, 0.05) is 5.92 Å². The number of carboxylic acid groups (broad SMARTS) is 1. The number of hydrogen-bond acceptors (Lipinski definition) is 4. The lowest BCUT2D eigenvalue weighted by atomic mass is 9.98. The Morgan fingerprint density at radius 1 is 1.06 bits per heavy atom. The quantitative estimate of drug-likeness (QED) is 0.506. The van der Waals surface area contributed by atoms with E-state index in [1.54, 1.807) is 12.2 Å². The highest BCUT2D eigenvalue weighted by Gasteiger charge is 2.32. The van der Waals surface area contributed by atoms with Gasteiger partial charge in [-0.3, -0.25) is 9.59 Å². The van der Waals surface area contributed by atoms with E-state index in [1.165, 1.54) is 0 Å². The first-order valence-corrected chi connectivity index (χ1v) is 10.7. The molecule has 0 aliphatic heterocycles. The largest absolute Gasteiger partial charge is 0.480 e. The molecule has 0 bridgehead atoms. The van der Waals surface area contributed by atoms with Crippen molar-refractivity contribution in [1.82, 2.24) is 10.2 Å². The summed E-state index contributed by atoms with van der Waals surface area (Å²) in [4.78, 5) is 37.2. The van der Waals surface area contributed by atoms with E-state index in [0.717, 1.165) is 27.2 Å². The number of fused-ring (bicyclic) bond motifs is 3. The molecule has 0 saturated heterocycles. The van der Waals surface area contributed by atoms with Gasteiger partial charge in [-0.05, 0) is 28.7 Å². The smallest absolute Gasteiger partial charge is 0.407 e. The molecule has 2 aromatic rings. The summed E-state index contributed by atoms with van der Waals surface area (Å²) in [5.74, 6) is 0.222. The van der Waals surface area contributed by atoms with Gasteiger partial charge in [-0.25, -0.2) is 4.79 Å². The minimum atomic E-state index is -1.13. The summed E-state index contributed by atoms with van der Waals surface area (Å²) >= 11 is 0. The van der Waals surface area contributed by atoms with Gasteiger partial charge in [-0.1, -0.05) is 66.6 Å². The Kier molecular flexibility index (Phi) is 6.45. The number of aliphatic carboxylic acids is 1. The second-order valence-electron chi connectivity index (χ2n) is 8.10. The van der Waals surface area contributed by atoms with Crippen LogP contribution in [0.4, 0.5) is 4.79 Å². The van der Waals surface area contributed by atoms with Crippen molar-refractivity contribution in [3.8, 4) is 23.5 Å². The van der Waals surface area contributed by atoms with Crippen molar-refractivity contribution in [2.75, 3.05) is 19.7 Å². The van der Waals surface area contributed by atoms with Gasteiger partial charge in [0.1, 0.15) is 13.2 Å². The summed E-state index contributed by atoms with van der Waals surface area (Å²) in [6, 6.07) is 15.8. The van der Waals surface area contributed by atoms with Crippen LogP contribution in [-0.2, 0) is 14.3 Å². The Balaban J connectivity index is 1.33. The lowest BCUT2D eigenvalue weighted by molar-refractivity contribution is -0.145. The van der Waals surface area contributed by atoms with E-state index in [4.69, 9.17) is 16.3 Å². The van der Waals surface area contributed by atoms with Gasteiger partial charge >= 0.3 is 12.1 Å². The van der Waals surface area contributed by atoms with E-state index in [-0.39, 0.29) is 31.0 Å². The number of carbonyl (C=O) groups is 3. The summed E-state index contributed by atoms with van der Waals surface area (Å²) in [5, 5.41) is 11.8. The van der Waals surface area contributed by atoms with Crippen LogP contribution in [0, 0.1) is 18.3 Å². The molecule has 0 fully saturated rings. The molecule has 168 valence electrons. The number of terminal acetylenes is 1. The van der Waals surface area contributed by atoms with Gasteiger partial charge in [-0.15, -0.1) is 6.42 Å². The number of amides is 2. The molecule has 0 radical (unpaired) electrons. The molecule has 7 heteroatoms. The Morgan fingerprint density at radius 3 is 2.30 bits per heavy atom. The molecule has 0 heterocycles. The predicted octanol–water partition coefficient (Wildman–Crippen LogP) is 3.02. The van der Waals surface area contributed by atoms with E-state index in [2.05, 4.69) is 35.5 Å². The molecule has 2 aliphatic carbocycles. The van der Waals surface area contributed by atoms with Crippen LogP contribution in [0.15, 0.2) is 60.7 Å². The SMILES string of the molecule is C#CCN(CC(=O)O)C(=O)C1C=CC(NC(=O)OCC2c3ccccc3-c3ccccc32)C1. The Morgan fingerprint density at radius 2 is 1.70 bits per heavy atom. The highest BCUT2D eigenvalue weighted by Crippen LogP contribution is 2.44. The summed E-state index contributed by atoms with van der Waals surface area (Å²) in [6.45, 7) is -0.342. The summed E-state index contributed by atoms with van der Waals surface area (Å²) in [6.07, 6.45) is 8.40. The van der Waals surface area contributed by atoms with Crippen LogP contribution in [0.1, 0.15) is 23.5 Å². The van der Waals surface area contributed by atoms with Crippen LogP contribution in [0.3, 0.4) is 0 Å². The Bertz CT molecular complexity index is 1100. The number of nitrogens with one attached hydrogen (secondary N) is 1. The van der Waals surface area contributed by atoms with E-state index in [0.29, 0.717) is 6.42 Å². The second kappa shape index (κ2) is 9.61. The molecule has 2 amide bonds. The third-order valence-corrected chi connectivity index (χ3v) is 5.97. The highest BCUT2D eigenvalue weighted by atomic mass is 16.5. The third-order valence-electron chi connectivity index (χ3n) is 5.97. The number of ether oxygens (including phenoxy) is 1. The average molecular weight is 444 g/mol. The van der Waals surface area contributed by atoms with Crippen LogP contribution in [-0.4, -0.2) is 53.7 Å². The van der Waals surface area contributed by atoms with Crippen LogP contribution < -0.4 is 5.32 Å². The van der Waals surface area contributed by atoms with Gasteiger partial charge < -0.3 is 20.1 Å². The van der Waals surface area contributed by atoms with Gasteiger partial charge in [-0.2, -0.15) is 0 Å². The van der Waals surface area contributed by atoms with Crippen LogP contribution >= 0.6 is 0 Å². The predicted molar refractivity (Wildman–Crippen MR) is 122 cm³/mol. The van der Waals surface area contributed by atoms with Crippen molar-refractivity contribution in [2.45, 2.75) is 18.4 Å². The fourth-order valence-corrected chi connectivity index (χ4v) is 4.50. The maximum absolute atomic E-state index is 12.6. The number of carbonyl (C=O) groups excluding carboxylic acids is 2. The molecule has 0 saturated carbocycles.